The van der Waals surface area contributed by atoms with E-state index < -0.39 is 0 Å². The van der Waals surface area contributed by atoms with Gasteiger partial charge in [0, 0.05) is 17.1 Å². The van der Waals surface area contributed by atoms with Crippen LogP contribution in [-0.4, -0.2) is 4.98 Å². The molecule has 0 amide bonds. The van der Waals surface area contributed by atoms with Gasteiger partial charge in [-0.2, -0.15) is 0 Å². The van der Waals surface area contributed by atoms with E-state index in [1.807, 2.05) is 33.9 Å². The van der Waals surface area contributed by atoms with Gasteiger partial charge in [0.1, 0.15) is 0 Å². The van der Waals surface area contributed by atoms with Gasteiger partial charge in [0.15, 0.2) is 0 Å². The van der Waals surface area contributed by atoms with Crippen molar-refractivity contribution in [3.63, 3.8) is 0 Å². The molecular weight excluding hydrogens is 362 g/mol. The summed E-state index contributed by atoms with van der Waals surface area (Å²) in [5.41, 5.74) is 4.88. The number of hydrogen-bond acceptors (Lipinski definition) is 1. The van der Waals surface area contributed by atoms with Crippen molar-refractivity contribution in [2.45, 2.75) is 47.5 Å². The summed E-state index contributed by atoms with van der Waals surface area (Å²) in [5.74, 6) is 0.495. The molecule has 1 aliphatic rings. The lowest BCUT2D eigenvalue weighted by molar-refractivity contribution is 0.686. The van der Waals surface area contributed by atoms with Crippen molar-refractivity contribution in [1.82, 2.24) is 4.98 Å². The van der Waals surface area contributed by atoms with Crippen molar-refractivity contribution in [2.24, 2.45) is 5.92 Å². The van der Waals surface area contributed by atoms with E-state index in [-0.39, 0.29) is 0 Å². The van der Waals surface area contributed by atoms with E-state index in [4.69, 9.17) is 4.98 Å². The molecule has 0 bridgehead atoms. The van der Waals surface area contributed by atoms with Crippen molar-refractivity contribution >= 4 is 16.3 Å². The van der Waals surface area contributed by atoms with Crippen LogP contribution in [0.3, 0.4) is 0 Å². The number of nitrogens with zero attached hydrogens (tertiary/aromatic N) is 1. The molecule has 0 N–H and O–H groups in total. The predicted molar refractivity (Wildman–Crippen MR) is 135 cm³/mol. The zero-order valence-electron chi connectivity index (χ0n) is 19.1. The molecule has 0 fully saturated rings. The first-order valence-electron chi connectivity index (χ1n) is 11.3. The Morgan fingerprint density at radius 3 is 2.27 bits per heavy atom. The molecule has 3 aromatic rings. The summed E-state index contributed by atoms with van der Waals surface area (Å²) in [7, 11) is 0. The van der Waals surface area contributed by atoms with E-state index in [0.717, 1.165) is 18.5 Å². The highest BCUT2D eigenvalue weighted by atomic mass is 14.7. The zero-order chi connectivity index (χ0) is 21.8. The Morgan fingerprint density at radius 2 is 1.57 bits per heavy atom. The van der Waals surface area contributed by atoms with Crippen LogP contribution in [0, 0.1) is 5.92 Å². The van der Waals surface area contributed by atoms with Gasteiger partial charge in [-0.1, -0.05) is 113 Å². The zero-order valence-corrected chi connectivity index (χ0v) is 19.1. The van der Waals surface area contributed by atoms with E-state index >= 15 is 0 Å². The second-order valence-corrected chi connectivity index (χ2v) is 6.72. The summed E-state index contributed by atoms with van der Waals surface area (Å²) in [4.78, 5) is 4.94. The van der Waals surface area contributed by atoms with Gasteiger partial charge in [-0.15, -0.1) is 0 Å². The fourth-order valence-corrected chi connectivity index (χ4v) is 3.74. The number of hydrogen-bond donors (Lipinski definition) is 0. The molecule has 2 aromatic carbocycles. The standard InChI is InChI=1S/C25H23N.2C2H6/c1-2-3-11-19-14-7-8-15-21(19)25-23-17-10-9-16-22(23)24(18-26-25)20-12-5-4-6-13-20;2*1-2/h2-10,12-13,15-19H,11,14H2,1H3;2*1-2H3. The fourth-order valence-electron chi connectivity index (χ4n) is 3.74. The topological polar surface area (TPSA) is 12.9 Å². The summed E-state index contributed by atoms with van der Waals surface area (Å²) < 4.78 is 0. The van der Waals surface area contributed by atoms with Crippen LogP contribution in [0.25, 0.3) is 27.5 Å². The smallest absolute Gasteiger partial charge is 0.0743 e. The lowest BCUT2D eigenvalue weighted by atomic mass is 9.84. The van der Waals surface area contributed by atoms with Crippen LogP contribution in [0.4, 0.5) is 0 Å². The summed E-state index contributed by atoms with van der Waals surface area (Å²) in [6, 6.07) is 19.2. The Morgan fingerprint density at radius 1 is 0.900 bits per heavy atom. The molecule has 1 atom stereocenters. The first-order chi connectivity index (χ1) is 14.9. The molecule has 0 radical (unpaired) electrons. The van der Waals surface area contributed by atoms with Gasteiger partial charge in [0.25, 0.3) is 0 Å². The third kappa shape index (κ3) is 5.36. The molecule has 30 heavy (non-hydrogen) atoms. The molecule has 1 aliphatic carbocycles. The summed E-state index contributed by atoms with van der Waals surface area (Å²) >= 11 is 0. The van der Waals surface area contributed by atoms with Crippen LogP contribution in [0.2, 0.25) is 0 Å². The fraction of sp³-hybridized carbons (Fsp3) is 0.276. The number of allylic oxidation sites excluding steroid dienone is 6. The van der Waals surface area contributed by atoms with E-state index in [1.54, 1.807) is 0 Å². The highest BCUT2D eigenvalue weighted by molar-refractivity contribution is 6.01. The predicted octanol–water partition coefficient (Wildman–Crippen LogP) is 8.88. The molecule has 1 heteroatoms. The van der Waals surface area contributed by atoms with E-state index in [9.17, 15) is 0 Å². The third-order valence-corrected chi connectivity index (χ3v) is 5.08. The summed E-state index contributed by atoms with van der Waals surface area (Å²) in [6.45, 7) is 10.1. The highest BCUT2D eigenvalue weighted by Crippen LogP contribution is 2.37. The van der Waals surface area contributed by atoms with Crippen LogP contribution >= 0.6 is 0 Å². The lowest BCUT2D eigenvalue weighted by Crippen LogP contribution is -2.07. The normalized spacial score (nSPS) is 15.1. The van der Waals surface area contributed by atoms with Crippen molar-refractivity contribution in [3.05, 3.63) is 96.9 Å². The molecule has 0 saturated carbocycles. The Bertz CT molecular complexity index is 993. The minimum Gasteiger partial charge on any atom is -0.255 e. The molecule has 0 spiro atoms. The minimum absolute atomic E-state index is 0.495. The quantitative estimate of drug-likeness (QED) is 0.400. The van der Waals surface area contributed by atoms with Crippen LogP contribution in [0.5, 0.6) is 0 Å². The first kappa shape index (κ1) is 23.3. The molecule has 4 rings (SSSR count). The van der Waals surface area contributed by atoms with Crippen LogP contribution in [0.15, 0.2) is 91.2 Å². The van der Waals surface area contributed by atoms with E-state index in [0.29, 0.717) is 5.92 Å². The number of aromatic nitrogens is 1. The molecule has 0 aliphatic heterocycles. The number of rotatable bonds is 4. The van der Waals surface area contributed by atoms with Gasteiger partial charge in [0.05, 0.1) is 5.69 Å². The lowest BCUT2D eigenvalue weighted by Gasteiger charge is -2.22. The van der Waals surface area contributed by atoms with E-state index in [2.05, 4.69) is 91.9 Å². The van der Waals surface area contributed by atoms with Crippen molar-refractivity contribution in [3.8, 4) is 11.1 Å². The number of fused-ring (bicyclic) bond motifs is 1. The van der Waals surface area contributed by atoms with Crippen molar-refractivity contribution < 1.29 is 0 Å². The largest absolute Gasteiger partial charge is 0.255 e. The SMILES string of the molecule is CC.CC.CC=CCC1CC=CC=C1c1ncc(-c2ccccc2)c2ccccc12. The Kier molecular flexibility index (Phi) is 9.80. The number of benzene rings is 2. The number of pyridine rings is 1. The third-order valence-electron chi connectivity index (χ3n) is 5.08. The van der Waals surface area contributed by atoms with Gasteiger partial charge >= 0.3 is 0 Å². The van der Waals surface area contributed by atoms with Gasteiger partial charge in [0.2, 0.25) is 0 Å². The summed E-state index contributed by atoms with van der Waals surface area (Å²) in [6.07, 6.45) is 15.3. The maximum absolute atomic E-state index is 4.94. The second-order valence-electron chi connectivity index (χ2n) is 6.72. The van der Waals surface area contributed by atoms with Gasteiger partial charge in [-0.3, -0.25) is 4.98 Å². The maximum atomic E-state index is 4.94. The molecule has 156 valence electrons. The average molecular weight is 398 g/mol. The molecular formula is C29H35N. The first-order valence-corrected chi connectivity index (χ1v) is 11.3. The maximum Gasteiger partial charge on any atom is 0.0743 e. The molecule has 1 aromatic heterocycles. The van der Waals surface area contributed by atoms with Crippen LogP contribution in [-0.2, 0) is 0 Å². The molecule has 0 saturated heterocycles. The summed E-state index contributed by atoms with van der Waals surface area (Å²) in [5, 5.41) is 2.50. The Labute approximate surface area is 182 Å². The van der Waals surface area contributed by atoms with Crippen LogP contribution in [0.1, 0.15) is 53.2 Å². The monoisotopic (exact) mass is 397 g/mol. The molecule has 1 heterocycles. The Hall–Kier alpha value is -2.93. The van der Waals surface area contributed by atoms with Crippen molar-refractivity contribution in [1.29, 1.82) is 0 Å². The van der Waals surface area contributed by atoms with Crippen molar-refractivity contribution in [2.75, 3.05) is 0 Å². The van der Waals surface area contributed by atoms with Crippen LogP contribution < -0.4 is 0 Å². The van der Waals surface area contributed by atoms with Gasteiger partial charge in [-0.25, -0.2) is 0 Å². The second kappa shape index (κ2) is 12.6. The Balaban J connectivity index is 0.000000757. The highest BCUT2D eigenvalue weighted by Gasteiger charge is 2.20. The molecule has 1 unspecified atom stereocenters. The average Bonchev–Trinajstić information content (AvgIpc) is 2.85. The van der Waals surface area contributed by atoms with Gasteiger partial charge < -0.3 is 0 Å². The van der Waals surface area contributed by atoms with Gasteiger partial charge in [-0.05, 0) is 42.2 Å². The van der Waals surface area contributed by atoms with E-state index in [1.165, 1.54) is 27.5 Å². The molecule has 1 nitrogen and oxygen atoms in total. The minimum atomic E-state index is 0.495.